The van der Waals surface area contributed by atoms with Crippen molar-refractivity contribution >= 4 is 5.91 Å². The van der Waals surface area contributed by atoms with E-state index in [2.05, 4.69) is 13.8 Å². The summed E-state index contributed by atoms with van der Waals surface area (Å²) in [6.07, 6.45) is 1.09. The first kappa shape index (κ1) is 6.59. The minimum absolute atomic E-state index is 0.116. The molecule has 0 spiro atoms. The van der Waals surface area contributed by atoms with Crippen LogP contribution in [0.15, 0.2) is 0 Å². The van der Waals surface area contributed by atoms with Gasteiger partial charge in [0.15, 0.2) is 0 Å². The summed E-state index contributed by atoms with van der Waals surface area (Å²) in [7, 11) is 0. The van der Waals surface area contributed by atoms with E-state index in [9.17, 15) is 4.79 Å². The van der Waals surface area contributed by atoms with Gasteiger partial charge in [0.2, 0.25) is 5.91 Å². The third kappa shape index (κ3) is 0.934. The van der Waals surface area contributed by atoms with Crippen LogP contribution in [0.2, 0.25) is 0 Å². The number of hydrogen-bond donors (Lipinski definition) is 1. The van der Waals surface area contributed by atoms with Gasteiger partial charge >= 0.3 is 0 Å². The van der Waals surface area contributed by atoms with E-state index in [1.54, 1.807) is 0 Å². The first-order valence-electron chi connectivity index (χ1n) is 3.47. The third-order valence-corrected chi connectivity index (χ3v) is 2.36. The number of primary amides is 1. The van der Waals surface area contributed by atoms with Crippen LogP contribution in [0, 0.1) is 17.8 Å². The molecule has 2 heteroatoms. The number of rotatable bonds is 2. The van der Waals surface area contributed by atoms with Crippen molar-refractivity contribution in [2.75, 3.05) is 0 Å². The quantitative estimate of drug-likeness (QED) is 0.584. The largest absolute Gasteiger partial charge is 0.369 e. The lowest BCUT2D eigenvalue weighted by atomic mass is 10.2. The minimum Gasteiger partial charge on any atom is -0.369 e. The molecule has 0 saturated heterocycles. The second-order valence-electron chi connectivity index (χ2n) is 2.86. The molecule has 1 rings (SSSR count). The van der Waals surface area contributed by atoms with Gasteiger partial charge in [0, 0.05) is 5.92 Å². The zero-order valence-corrected chi connectivity index (χ0v) is 5.92. The summed E-state index contributed by atoms with van der Waals surface area (Å²) in [5.41, 5.74) is 5.12. The lowest BCUT2D eigenvalue weighted by molar-refractivity contribution is -0.119. The maximum Gasteiger partial charge on any atom is 0.221 e. The highest BCUT2D eigenvalue weighted by molar-refractivity contribution is 5.80. The highest BCUT2D eigenvalue weighted by Crippen LogP contribution is 2.47. The Morgan fingerprint density at radius 1 is 1.67 bits per heavy atom. The van der Waals surface area contributed by atoms with Gasteiger partial charge in [-0.2, -0.15) is 0 Å². The van der Waals surface area contributed by atoms with Gasteiger partial charge in [0.05, 0.1) is 0 Å². The molecule has 1 aliphatic rings. The highest BCUT2D eigenvalue weighted by atomic mass is 16.1. The molecule has 52 valence electrons. The van der Waals surface area contributed by atoms with Gasteiger partial charge in [0.25, 0.3) is 0 Å². The second-order valence-corrected chi connectivity index (χ2v) is 2.86. The van der Waals surface area contributed by atoms with Crippen molar-refractivity contribution < 1.29 is 4.79 Å². The molecule has 1 aliphatic carbocycles. The fourth-order valence-corrected chi connectivity index (χ4v) is 1.64. The van der Waals surface area contributed by atoms with Crippen LogP contribution in [0.1, 0.15) is 20.3 Å². The predicted molar refractivity (Wildman–Crippen MR) is 35.6 cm³/mol. The van der Waals surface area contributed by atoms with Crippen molar-refractivity contribution in [2.24, 2.45) is 23.5 Å². The Kier molecular flexibility index (Phi) is 1.47. The molecule has 0 aromatic carbocycles. The molecule has 2 nitrogen and oxygen atoms in total. The van der Waals surface area contributed by atoms with E-state index in [-0.39, 0.29) is 11.8 Å². The van der Waals surface area contributed by atoms with E-state index >= 15 is 0 Å². The Balaban J connectivity index is 2.42. The second kappa shape index (κ2) is 2.01. The number of carbonyl (C=O) groups excluding carboxylic acids is 1. The standard InChI is InChI=1S/C7H13NO/c1-3-5-4(2)6(5)7(8)9/h4-6H,3H2,1-2H3,(H2,8,9). The molecule has 3 unspecified atom stereocenters. The van der Waals surface area contributed by atoms with Crippen molar-refractivity contribution in [1.82, 2.24) is 0 Å². The summed E-state index contributed by atoms with van der Waals surface area (Å²) >= 11 is 0. The van der Waals surface area contributed by atoms with E-state index in [1.807, 2.05) is 0 Å². The zero-order chi connectivity index (χ0) is 7.02. The molecule has 0 aromatic rings. The normalized spacial score (nSPS) is 40.4. The molecule has 1 amide bonds. The average Bonchev–Trinajstić information content (AvgIpc) is 2.40. The molecule has 0 aromatic heterocycles. The van der Waals surface area contributed by atoms with Crippen molar-refractivity contribution in [1.29, 1.82) is 0 Å². The van der Waals surface area contributed by atoms with Gasteiger partial charge in [-0.25, -0.2) is 0 Å². The summed E-state index contributed by atoms with van der Waals surface area (Å²) in [5, 5.41) is 0. The first-order valence-corrected chi connectivity index (χ1v) is 3.47. The van der Waals surface area contributed by atoms with E-state index < -0.39 is 0 Å². The Morgan fingerprint density at radius 3 is 2.33 bits per heavy atom. The van der Waals surface area contributed by atoms with Crippen LogP contribution < -0.4 is 5.73 Å². The van der Waals surface area contributed by atoms with Crippen molar-refractivity contribution in [3.05, 3.63) is 0 Å². The van der Waals surface area contributed by atoms with Crippen molar-refractivity contribution in [3.63, 3.8) is 0 Å². The molecular weight excluding hydrogens is 114 g/mol. The summed E-state index contributed by atoms with van der Waals surface area (Å²) in [5.74, 6) is 1.21. The monoisotopic (exact) mass is 127 g/mol. The molecule has 0 aliphatic heterocycles. The van der Waals surface area contributed by atoms with Crippen LogP contribution in [0.5, 0.6) is 0 Å². The van der Waals surface area contributed by atoms with Crippen LogP contribution in [-0.2, 0) is 4.79 Å². The SMILES string of the molecule is CCC1C(C)C1C(N)=O. The smallest absolute Gasteiger partial charge is 0.221 e. The molecular formula is C7H13NO. The fourth-order valence-electron chi connectivity index (χ4n) is 1.64. The van der Waals surface area contributed by atoms with E-state index in [1.165, 1.54) is 0 Å². The zero-order valence-electron chi connectivity index (χ0n) is 5.92. The van der Waals surface area contributed by atoms with Gasteiger partial charge in [-0.1, -0.05) is 20.3 Å². The summed E-state index contributed by atoms with van der Waals surface area (Å²) < 4.78 is 0. The van der Waals surface area contributed by atoms with Crippen LogP contribution in [0.25, 0.3) is 0 Å². The van der Waals surface area contributed by atoms with Gasteiger partial charge in [-0.15, -0.1) is 0 Å². The Bertz CT molecular complexity index is 133. The first-order chi connectivity index (χ1) is 4.18. The molecule has 3 atom stereocenters. The summed E-state index contributed by atoms with van der Waals surface area (Å²) in [6, 6.07) is 0. The van der Waals surface area contributed by atoms with Crippen LogP contribution in [0.4, 0.5) is 0 Å². The predicted octanol–water partition coefficient (Wildman–Crippen LogP) is 0.764. The van der Waals surface area contributed by atoms with Crippen molar-refractivity contribution in [2.45, 2.75) is 20.3 Å². The molecule has 0 bridgehead atoms. The molecule has 1 fully saturated rings. The average molecular weight is 127 g/mol. The number of hydrogen-bond acceptors (Lipinski definition) is 1. The van der Waals surface area contributed by atoms with Crippen molar-refractivity contribution in [3.8, 4) is 0 Å². The summed E-state index contributed by atoms with van der Waals surface area (Å²) in [4.78, 5) is 10.6. The lowest BCUT2D eigenvalue weighted by Crippen LogP contribution is -2.14. The number of amides is 1. The molecule has 9 heavy (non-hydrogen) atoms. The third-order valence-electron chi connectivity index (χ3n) is 2.36. The van der Waals surface area contributed by atoms with E-state index in [4.69, 9.17) is 5.73 Å². The summed E-state index contributed by atoms with van der Waals surface area (Å²) in [6.45, 7) is 4.19. The van der Waals surface area contributed by atoms with Gasteiger partial charge in [0.1, 0.15) is 0 Å². The van der Waals surface area contributed by atoms with Crippen LogP contribution >= 0.6 is 0 Å². The number of carbonyl (C=O) groups is 1. The fraction of sp³-hybridized carbons (Fsp3) is 0.857. The topological polar surface area (TPSA) is 43.1 Å². The number of nitrogens with two attached hydrogens (primary N) is 1. The van der Waals surface area contributed by atoms with E-state index in [0.717, 1.165) is 6.42 Å². The van der Waals surface area contributed by atoms with Gasteiger partial charge < -0.3 is 5.73 Å². The molecule has 0 heterocycles. The van der Waals surface area contributed by atoms with Gasteiger partial charge in [-0.3, -0.25) is 4.79 Å². The molecule has 0 radical (unpaired) electrons. The van der Waals surface area contributed by atoms with Gasteiger partial charge in [-0.05, 0) is 11.8 Å². The minimum atomic E-state index is -0.116. The van der Waals surface area contributed by atoms with E-state index in [0.29, 0.717) is 11.8 Å². The Hall–Kier alpha value is -0.530. The molecule has 1 saturated carbocycles. The van der Waals surface area contributed by atoms with Crippen LogP contribution in [-0.4, -0.2) is 5.91 Å². The Morgan fingerprint density at radius 2 is 2.22 bits per heavy atom. The highest BCUT2D eigenvalue weighted by Gasteiger charge is 2.48. The Labute approximate surface area is 55.4 Å². The lowest BCUT2D eigenvalue weighted by Gasteiger charge is -1.85. The maximum atomic E-state index is 10.6. The maximum absolute atomic E-state index is 10.6. The molecule has 2 N–H and O–H groups in total. The van der Waals surface area contributed by atoms with Crippen LogP contribution in [0.3, 0.4) is 0 Å².